The van der Waals surface area contributed by atoms with Gasteiger partial charge in [0, 0.05) is 24.7 Å². The molecule has 0 amide bonds. The van der Waals surface area contributed by atoms with Crippen molar-refractivity contribution in [3.05, 3.63) is 35.4 Å². The highest BCUT2D eigenvalue weighted by Gasteiger charge is 2.83. The summed E-state index contributed by atoms with van der Waals surface area (Å²) in [6, 6.07) is 8.55. The van der Waals surface area contributed by atoms with Crippen LogP contribution in [-0.2, 0) is 9.53 Å². The van der Waals surface area contributed by atoms with Crippen molar-refractivity contribution < 1.29 is 9.53 Å². The van der Waals surface area contributed by atoms with Gasteiger partial charge in [-0.2, -0.15) is 0 Å². The van der Waals surface area contributed by atoms with Crippen LogP contribution >= 0.6 is 0 Å². The van der Waals surface area contributed by atoms with E-state index in [0.29, 0.717) is 17.8 Å². The lowest BCUT2D eigenvalue weighted by atomic mass is 9.76. The van der Waals surface area contributed by atoms with Crippen LogP contribution < -0.4 is 0 Å². The standard InChI is InChI=1S/C13H12O2/c1-7(14)15-13-10-6-11(13)12(13)9-5-3-2-4-8(9)10/h2-5,10-12H,6H2,1H3/t10-,11+,12-,13-/m1/s1. The SMILES string of the molecule is CC(=O)O[C@]12[C@@H]3C[C@H]1[C@H]2c1ccccc13. The van der Waals surface area contributed by atoms with Crippen molar-refractivity contribution >= 4 is 5.97 Å². The molecule has 0 radical (unpaired) electrons. The fourth-order valence-corrected chi connectivity index (χ4v) is 3.93. The van der Waals surface area contributed by atoms with Gasteiger partial charge in [-0.25, -0.2) is 0 Å². The maximum Gasteiger partial charge on any atom is 0.303 e. The number of rotatable bonds is 1. The summed E-state index contributed by atoms with van der Waals surface area (Å²) in [6.45, 7) is 1.52. The summed E-state index contributed by atoms with van der Waals surface area (Å²) in [5.41, 5.74) is 2.75. The number of benzene rings is 1. The number of fused-ring (bicyclic) bond motifs is 4. The highest BCUT2D eigenvalue weighted by molar-refractivity contribution is 5.70. The maximum absolute atomic E-state index is 11.1. The van der Waals surface area contributed by atoms with E-state index in [9.17, 15) is 4.79 Å². The Bertz CT molecular complexity index is 452. The van der Waals surface area contributed by atoms with Gasteiger partial charge in [-0.15, -0.1) is 0 Å². The minimum Gasteiger partial charge on any atom is -0.458 e. The van der Waals surface area contributed by atoms with Crippen LogP contribution in [0.3, 0.4) is 0 Å². The fourth-order valence-electron chi connectivity index (χ4n) is 3.93. The monoisotopic (exact) mass is 200 g/mol. The molecule has 4 rings (SSSR count). The molecule has 0 N–H and O–H groups in total. The molecular formula is C13H12O2. The molecule has 3 aliphatic carbocycles. The lowest BCUT2D eigenvalue weighted by Crippen LogP contribution is -2.35. The second kappa shape index (κ2) is 2.11. The predicted octanol–water partition coefficient (Wildman–Crippen LogP) is 2.20. The van der Waals surface area contributed by atoms with Gasteiger partial charge in [-0.05, 0) is 17.5 Å². The van der Waals surface area contributed by atoms with Gasteiger partial charge in [0.1, 0.15) is 5.60 Å². The molecule has 2 heteroatoms. The van der Waals surface area contributed by atoms with E-state index in [0.717, 1.165) is 0 Å². The third-order valence-electron chi connectivity index (χ3n) is 4.42. The third kappa shape index (κ3) is 0.665. The van der Waals surface area contributed by atoms with E-state index in [-0.39, 0.29) is 11.6 Å². The molecule has 0 aromatic heterocycles. The van der Waals surface area contributed by atoms with Crippen LogP contribution in [0.25, 0.3) is 0 Å². The Balaban J connectivity index is 1.81. The predicted molar refractivity (Wildman–Crippen MR) is 54.5 cm³/mol. The normalized spacial score (nSPS) is 42.6. The number of hydrogen-bond donors (Lipinski definition) is 0. The van der Waals surface area contributed by atoms with Gasteiger partial charge in [0.05, 0.1) is 0 Å². The molecule has 3 aliphatic rings. The van der Waals surface area contributed by atoms with Crippen LogP contribution in [0.15, 0.2) is 24.3 Å². The lowest BCUT2D eigenvalue weighted by Gasteiger charge is -2.34. The molecule has 4 atom stereocenters. The van der Waals surface area contributed by atoms with Crippen LogP contribution in [0.2, 0.25) is 0 Å². The van der Waals surface area contributed by atoms with Crippen molar-refractivity contribution in [1.29, 1.82) is 0 Å². The third-order valence-corrected chi connectivity index (χ3v) is 4.42. The average Bonchev–Trinajstić information content (AvgIpc) is 2.61. The Kier molecular flexibility index (Phi) is 1.11. The first kappa shape index (κ1) is 7.91. The Hall–Kier alpha value is -1.31. The van der Waals surface area contributed by atoms with Crippen LogP contribution in [0.4, 0.5) is 0 Å². The summed E-state index contributed by atoms with van der Waals surface area (Å²) in [4.78, 5) is 11.1. The number of ether oxygens (including phenoxy) is 1. The molecule has 0 aliphatic heterocycles. The van der Waals surface area contributed by atoms with Crippen molar-refractivity contribution in [1.82, 2.24) is 0 Å². The van der Waals surface area contributed by atoms with Crippen molar-refractivity contribution in [3.63, 3.8) is 0 Å². The molecule has 1 aromatic rings. The smallest absolute Gasteiger partial charge is 0.303 e. The van der Waals surface area contributed by atoms with Gasteiger partial charge in [0.25, 0.3) is 0 Å². The summed E-state index contributed by atoms with van der Waals surface area (Å²) in [5, 5.41) is 0. The minimum atomic E-state index is -0.125. The van der Waals surface area contributed by atoms with Crippen molar-refractivity contribution in [2.75, 3.05) is 0 Å². The molecule has 0 unspecified atom stereocenters. The second-order valence-electron chi connectivity index (χ2n) is 4.95. The van der Waals surface area contributed by atoms with Gasteiger partial charge in [0.2, 0.25) is 0 Å². The Morgan fingerprint density at radius 1 is 1.40 bits per heavy atom. The first-order chi connectivity index (χ1) is 7.25. The number of esters is 1. The molecule has 2 saturated carbocycles. The van der Waals surface area contributed by atoms with E-state index in [1.54, 1.807) is 0 Å². The van der Waals surface area contributed by atoms with Crippen molar-refractivity contribution in [2.45, 2.75) is 30.8 Å². The topological polar surface area (TPSA) is 26.3 Å². The summed E-state index contributed by atoms with van der Waals surface area (Å²) in [5.74, 6) is 1.51. The van der Waals surface area contributed by atoms with Crippen LogP contribution in [0, 0.1) is 5.92 Å². The first-order valence-electron chi connectivity index (χ1n) is 5.53. The number of hydrogen-bond acceptors (Lipinski definition) is 2. The molecule has 15 heavy (non-hydrogen) atoms. The van der Waals surface area contributed by atoms with Gasteiger partial charge in [-0.3, -0.25) is 4.79 Å². The minimum absolute atomic E-state index is 0.102. The average molecular weight is 200 g/mol. The van der Waals surface area contributed by atoms with Crippen molar-refractivity contribution in [2.24, 2.45) is 5.92 Å². The van der Waals surface area contributed by atoms with E-state index in [2.05, 4.69) is 24.3 Å². The summed E-state index contributed by atoms with van der Waals surface area (Å²) in [6.07, 6.45) is 1.22. The quantitative estimate of drug-likeness (QED) is 0.650. The molecule has 76 valence electrons. The van der Waals surface area contributed by atoms with Gasteiger partial charge in [0.15, 0.2) is 0 Å². The Morgan fingerprint density at radius 3 is 2.80 bits per heavy atom. The molecule has 2 nitrogen and oxygen atoms in total. The fraction of sp³-hybridized carbons (Fsp3) is 0.462. The largest absolute Gasteiger partial charge is 0.458 e. The Labute approximate surface area is 88.2 Å². The van der Waals surface area contributed by atoms with E-state index in [1.807, 2.05) is 0 Å². The van der Waals surface area contributed by atoms with Gasteiger partial charge in [-0.1, -0.05) is 24.3 Å². The van der Waals surface area contributed by atoms with Crippen LogP contribution in [-0.4, -0.2) is 11.6 Å². The van der Waals surface area contributed by atoms with Crippen LogP contribution in [0.5, 0.6) is 0 Å². The highest BCUT2D eigenvalue weighted by atomic mass is 16.6. The van der Waals surface area contributed by atoms with Gasteiger partial charge >= 0.3 is 5.97 Å². The Morgan fingerprint density at radius 2 is 2.13 bits per heavy atom. The maximum atomic E-state index is 11.1. The molecule has 0 bridgehead atoms. The molecule has 0 spiro atoms. The highest BCUT2D eigenvalue weighted by Crippen LogP contribution is 2.82. The van der Waals surface area contributed by atoms with Crippen molar-refractivity contribution in [3.8, 4) is 0 Å². The molecular weight excluding hydrogens is 188 g/mol. The van der Waals surface area contributed by atoms with E-state index >= 15 is 0 Å². The number of carbonyl (C=O) groups excluding carboxylic acids is 1. The molecule has 2 fully saturated rings. The lowest BCUT2D eigenvalue weighted by molar-refractivity contribution is -0.154. The van der Waals surface area contributed by atoms with Crippen LogP contribution in [0.1, 0.15) is 36.3 Å². The van der Waals surface area contributed by atoms with Gasteiger partial charge < -0.3 is 4.74 Å². The number of carbonyl (C=O) groups is 1. The second-order valence-corrected chi connectivity index (χ2v) is 4.95. The first-order valence-corrected chi connectivity index (χ1v) is 5.53. The zero-order valence-electron chi connectivity index (χ0n) is 8.57. The molecule has 1 aromatic carbocycles. The zero-order valence-corrected chi connectivity index (χ0v) is 8.57. The molecule has 0 saturated heterocycles. The van der Waals surface area contributed by atoms with E-state index in [1.165, 1.54) is 24.5 Å². The molecule has 0 heterocycles. The van der Waals surface area contributed by atoms with E-state index in [4.69, 9.17) is 4.74 Å². The summed E-state index contributed by atoms with van der Waals surface area (Å²) < 4.78 is 5.58. The summed E-state index contributed by atoms with van der Waals surface area (Å²) >= 11 is 0. The zero-order chi connectivity index (χ0) is 10.2. The van der Waals surface area contributed by atoms with E-state index < -0.39 is 0 Å². The summed E-state index contributed by atoms with van der Waals surface area (Å²) in [7, 11) is 0.